The third-order valence-corrected chi connectivity index (χ3v) is 3.73. The first-order chi connectivity index (χ1) is 9.95. The van der Waals surface area contributed by atoms with E-state index in [2.05, 4.69) is 10.0 Å². The molecular formula is C11H14FN5O4. The van der Waals surface area contributed by atoms with Crippen molar-refractivity contribution in [1.29, 1.82) is 0 Å². The summed E-state index contributed by atoms with van der Waals surface area (Å²) in [5.41, 5.74) is 5.54. The summed E-state index contributed by atoms with van der Waals surface area (Å²) in [4.78, 5) is 27.3. The van der Waals surface area contributed by atoms with Crippen molar-refractivity contribution in [2.24, 2.45) is 11.0 Å². The zero-order valence-corrected chi connectivity index (χ0v) is 11.1. The Morgan fingerprint density at radius 1 is 1.67 bits per heavy atom. The van der Waals surface area contributed by atoms with E-state index in [1.807, 2.05) is 4.98 Å². The van der Waals surface area contributed by atoms with E-state index in [9.17, 15) is 19.1 Å². The lowest BCUT2D eigenvalue weighted by atomic mass is 9.88. The summed E-state index contributed by atoms with van der Waals surface area (Å²) in [5.74, 6) is -0.808. The minimum absolute atomic E-state index is 0.268. The molecule has 0 bridgehead atoms. The van der Waals surface area contributed by atoms with Crippen LogP contribution in [0.4, 0.5) is 4.39 Å². The first-order valence-electron chi connectivity index (χ1n) is 6.20. The van der Waals surface area contributed by atoms with Crippen LogP contribution in [0.3, 0.4) is 0 Å². The highest BCUT2D eigenvalue weighted by molar-refractivity contribution is 5.01. The molecule has 4 atom stereocenters. The van der Waals surface area contributed by atoms with E-state index in [0.717, 1.165) is 16.8 Å². The number of aromatic amines is 1. The van der Waals surface area contributed by atoms with E-state index in [0.29, 0.717) is 0 Å². The SMILES string of the molecule is C[C@H]1[C@@H](F)C(n2ccc(=O)[nH]c2=O)O[C@@]1(CO)CN=[N+]=[N-]. The predicted octanol–water partition coefficient (Wildman–Crippen LogP) is 0.0810. The molecule has 1 aromatic heterocycles. The molecule has 1 aromatic rings. The average Bonchev–Trinajstić information content (AvgIpc) is 2.71. The second-order valence-corrected chi connectivity index (χ2v) is 4.87. The largest absolute Gasteiger partial charge is 0.393 e. The molecule has 1 unspecified atom stereocenters. The molecule has 114 valence electrons. The first-order valence-corrected chi connectivity index (χ1v) is 6.20. The number of rotatable bonds is 4. The molecule has 1 saturated heterocycles. The summed E-state index contributed by atoms with van der Waals surface area (Å²) in [6.45, 7) is 0.656. The van der Waals surface area contributed by atoms with Gasteiger partial charge in [0.25, 0.3) is 5.56 Å². The van der Waals surface area contributed by atoms with Crippen molar-refractivity contribution >= 4 is 0 Å². The van der Waals surface area contributed by atoms with E-state index in [1.165, 1.54) is 6.92 Å². The fraction of sp³-hybridized carbons (Fsp3) is 0.636. The number of ether oxygens (including phenoxy) is 1. The van der Waals surface area contributed by atoms with Crippen molar-refractivity contribution in [2.45, 2.75) is 24.9 Å². The molecule has 2 N–H and O–H groups in total. The number of hydrogen-bond acceptors (Lipinski definition) is 5. The summed E-state index contributed by atoms with van der Waals surface area (Å²) in [6.07, 6.45) is -1.81. The van der Waals surface area contributed by atoms with Crippen LogP contribution < -0.4 is 11.2 Å². The minimum Gasteiger partial charge on any atom is -0.393 e. The molecule has 0 spiro atoms. The van der Waals surface area contributed by atoms with Crippen LogP contribution in [0, 0.1) is 5.92 Å². The highest BCUT2D eigenvalue weighted by Crippen LogP contribution is 2.42. The normalized spacial score (nSPS) is 31.9. The van der Waals surface area contributed by atoms with Gasteiger partial charge < -0.3 is 9.84 Å². The smallest absolute Gasteiger partial charge is 0.330 e. The zero-order chi connectivity index (χ0) is 15.6. The van der Waals surface area contributed by atoms with E-state index in [-0.39, 0.29) is 6.54 Å². The Balaban J connectivity index is 2.41. The molecule has 0 saturated carbocycles. The maximum atomic E-state index is 14.4. The van der Waals surface area contributed by atoms with Crippen LogP contribution in [0.5, 0.6) is 0 Å². The Kier molecular flexibility index (Phi) is 4.12. The molecule has 10 heteroatoms. The van der Waals surface area contributed by atoms with Crippen LogP contribution in [0.25, 0.3) is 10.4 Å². The van der Waals surface area contributed by atoms with Crippen molar-refractivity contribution in [3.05, 3.63) is 43.5 Å². The van der Waals surface area contributed by atoms with E-state index >= 15 is 0 Å². The Morgan fingerprint density at radius 3 is 2.95 bits per heavy atom. The van der Waals surface area contributed by atoms with E-state index in [4.69, 9.17) is 10.3 Å². The van der Waals surface area contributed by atoms with E-state index < -0.39 is 41.8 Å². The summed E-state index contributed by atoms with van der Waals surface area (Å²) in [7, 11) is 0. The molecule has 0 aliphatic carbocycles. The lowest BCUT2D eigenvalue weighted by molar-refractivity contribution is -0.108. The fourth-order valence-corrected chi connectivity index (χ4v) is 2.35. The van der Waals surface area contributed by atoms with Gasteiger partial charge in [0.05, 0.1) is 13.2 Å². The number of halogens is 1. The molecule has 0 aromatic carbocycles. The van der Waals surface area contributed by atoms with Gasteiger partial charge in [0, 0.05) is 23.1 Å². The van der Waals surface area contributed by atoms with Crippen molar-refractivity contribution in [3.8, 4) is 0 Å². The Labute approximate surface area is 117 Å². The second-order valence-electron chi connectivity index (χ2n) is 4.87. The van der Waals surface area contributed by atoms with Crippen molar-refractivity contribution in [2.75, 3.05) is 13.2 Å². The number of H-pyrrole nitrogens is 1. The summed E-state index contributed by atoms with van der Waals surface area (Å²) < 4.78 is 20.8. The summed E-state index contributed by atoms with van der Waals surface area (Å²) in [5, 5.41) is 12.8. The maximum Gasteiger partial charge on any atom is 0.330 e. The van der Waals surface area contributed by atoms with Crippen LogP contribution >= 0.6 is 0 Å². The van der Waals surface area contributed by atoms with Crippen LogP contribution in [0.15, 0.2) is 27.0 Å². The van der Waals surface area contributed by atoms with Gasteiger partial charge in [-0.15, -0.1) is 0 Å². The van der Waals surface area contributed by atoms with Crippen LogP contribution in [-0.4, -0.2) is 39.6 Å². The van der Waals surface area contributed by atoms with Crippen LogP contribution in [0.1, 0.15) is 13.2 Å². The average molecular weight is 299 g/mol. The quantitative estimate of drug-likeness (QED) is 0.462. The van der Waals surface area contributed by atoms with Gasteiger partial charge in [0.15, 0.2) is 12.4 Å². The lowest BCUT2D eigenvalue weighted by Crippen LogP contribution is -2.43. The topological polar surface area (TPSA) is 133 Å². The van der Waals surface area contributed by atoms with Crippen molar-refractivity contribution in [3.63, 3.8) is 0 Å². The first kappa shape index (κ1) is 15.2. The number of azide groups is 1. The standard InChI is InChI=1S/C11H14FN5O4/c1-6-8(12)9(17-3-2-7(19)15-10(17)20)21-11(6,5-18)4-14-16-13/h2-3,6,8-9,18H,4-5H2,1H3,(H,15,19,20)/t6-,8+,9?,11+/m0/s1. The van der Waals surface area contributed by atoms with Crippen LogP contribution in [-0.2, 0) is 4.74 Å². The Hall–Kier alpha value is -2.16. The van der Waals surface area contributed by atoms with Gasteiger partial charge in [-0.05, 0) is 5.53 Å². The summed E-state index contributed by atoms with van der Waals surface area (Å²) in [6, 6.07) is 1.06. The van der Waals surface area contributed by atoms with Gasteiger partial charge in [-0.2, -0.15) is 0 Å². The van der Waals surface area contributed by atoms with Crippen LogP contribution in [0.2, 0.25) is 0 Å². The van der Waals surface area contributed by atoms with Gasteiger partial charge in [-0.3, -0.25) is 14.3 Å². The highest BCUT2D eigenvalue weighted by atomic mass is 19.1. The minimum atomic E-state index is -1.62. The van der Waals surface area contributed by atoms with Crippen molar-refractivity contribution in [1.82, 2.24) is 9.55 Å². The third-order valence-electron chi connectivity index (χ3n) is 3.73. The predicted molar refractivity (Wildman–Crippen MR) is 69.3 cm³/mol. The lowest BCUT2D eigenvalue weighted by Gasteiger charge is -2.28. The molecule has 2 heterocycles. The Bertz CT molecular complexity index is 682. The number of hydrogen-bond donors (Lipinski definition) is 2. The molecule has 1 aliphatic heterocycles. The molecule has 1 fully saturated rings. The van der Waals surface area contributed by atoms with Gasteiger partial charge in [0.1, 0.15) is 5.60 Å². The molecule has 21 heavy (non-hydrogen) atoms. The van der Waals surface area contributed by atoms with Gasteiger partial charge in [-0.25, -0.2) is 9.18 Å². The molecule has 9 nitrogen and oxygen atoms in total. The highest BCUT2D eigenvalue weighted by Gasteiger charge is 2.53. The molecule has 1 aliphatic rings. The van der Waals surface area contributed by atoms with Gasteiger partial charge >= 0.3 is 5.69 Å². The molecular weight excluding hydrogens is 285 g/mol. The third kappa shape index (κ3) is 2.56. The Morgan fingerprint density at radius 2 is 2.38 bits per heavy atom. The number of aromatic nitrogens is 2. The molecule has 0 amide bonds. The number of alkyl halides is 1. The number of nitrogens with one attached hydrogen (secondary N) is 1. The monoisotopic (exact) mass is 299 g/mol. The fourth-order valence-electron chi connectivity index (χ4n) is 2.35. The van der Waals surface area contributed by atoms with E-state index in [1.54, 1.807) is 0 Å². The van der Waals surface area contributed by atoms with Crippen molar-refractivity contribution < 1.29 is 14.2 Å². The zero-order valence-electron chi connectivity index (χ0n) is 11.1. The van der Waals surface area contributed by atoms with Gasteiger partial charge in [-0.1, -0.05) is 12.0 Å². The summed E-state index contributed by atoms with van der Waals surface area (Å²) >= 11 is 0. The second kappa shape index (κ2) is 5.68. The number of aliphatic hydroxyl groups is 1. The number of aliphatic hydroxyl groups excluding tert-OH is 1. The number of nitrogens with zero attached hydrogens (tertiary/aromatic N) is 4. The van der Waals surface area contributed by atoms with Gasteiger partial charge in [0.2, 0.25) is 0 Å². The maximum absolute atomic E-state index is 14.4. The molecule has 0 radical (unpaired) electrons. The molecule has 2 rings (SSSR count).